The number of carbonyl (C=O) groups excluding carboxylic acids is 1. The predicted octanol–water partition coefficient (Wildman–Crippen LogP) is 2.67. The van der Waals surface area contributed by atoms with Crippen molar-refractivity contribution in [2.24, 2.45) is 5.41 Å². The molecule has 1 aromatic carbocycles. The van der Waals surface area contributed by atoms with Gasteiger partial charge in [0.25, 0.3) is 0 Å². The molecular weight excluding hydrogens is 310 g/mol. The molecule has 0 aromatic heterocycles. The van der Waals surface area contributed by atoms with Crippen molar-refractivity contribution in [3.63, 3.8) is 0 Å². The molecule has 0 radical (unpaired) electrons. The van der Waals surface area contributed by atoms with Crippen LogP contribution >= 0.6 is 0 Å². The van der Waals surface area contributed by atoms with Gasteiger partial charge in [-0.25, -0.2) is 0 Å². The molecule has 1 spiro atoms. The van der Waals surface area contributed by atoms with E-state index in [1.807, 2.05) is 14.1 Å². The Kier molecular flexibility index (Phi) is 5.80. The molecule has 1 aromatic rings. The maximum Gasteiger partial charge on any atom is 0.236 e. The molecule has 4 nitrogen and oxygen atoms in total. The lowest BCUT2D eigenvalue weighted by Crippen LogP contribution is -2.52. The molecule has 0 aliphatic carbocycles. The lowest BCUT2D eigenvalue weighted by atomic mass is 9.68. The highest BCUT2D eigenvalue weighted by atomic mass is 16.2. The fourth-order valence-electron chi connectivity index (χ4n) is 4.57. The molecule has 2 heterocycles. The van der Waals surface area contributed by atoms with Crippen LogP contribution in [-0.2, 0) is 4.79 Å². The predicted molar refractivity (Wildman–Crippen MR) is 103 cm³/mol. The molecule has 138 valence electrons. The molecule has 0 saturated carbocycles. The van der Waals surface area contributed by atoms with Gasteiger partial charge in [0.2, 0.25) is 5.91 Å². The van der Waals surface area contributed by atoms with Crippen molar-refractivity contribution in [3.8, 4) is 0 Å². The standard InChI is InChI=1S/C21H33N3O/c1-4-23-15-19(18-8-6-5-7-9-18)14-21(17-23)10-12-24(13-11-21)16-20(25)22(2)3/h5-9,19H,4,10-17H2,1-3H3/t19-/m0/s1. The third-order valence-corrected chi connectivity index (χ3v) is 6.21. The zero-order valence-corrected chi connectivity index (χ0v) is 16.1. The Balaban J connectivity index is 1.66. The average Bonchev–Trinajstić information content (AvgIpc) is 2.64. The summed E-state index contributed by atoms with van der Waals surface area (Å²) in [5.74, 6) is 0.863. The van der Waals surface area contributed by atoms with E-state index in [2.05, 4.69) is 47.1 Å². The van der Waals surface area contributed by atoms with Crippen LogP contribution in [0.1, 0.15) is 37.7 Å². The fraction of sp³-hybridized carbons (Fsp3) is 0.667. The molecule has 2 aliphatic heterocycles. The van der Waals surface area contributed by atoms with Crippen molar-refractivity contribution in [1.29, 1.82) is 0 Å². The Labute approximate surface area is 152 Å². The number of likely N-dealkylation sites (N-methyl/N-ethyl adjacent to an activating group) is 2. The van der Waals surface area contributed by atoms with Gasteiger partial charge in [-0.1, -0.05) is 37.3 Å². The molecular formula is C21H33N3O. The minimum atomic E-state index is 0.219. The minimum absolute atomic E-state index is 0.219. The van der Waals surface area contributed by atoms with Crippen LogP contribution < -0.4 is 0 Å². The number of hydrogen-bond acceptors (Lipinski definition) is 3. The summed E-state index contributed by atoms with van der Waals surface area (Å²) in [5, 5.41) is 0. The maximum absolute atomic E-state index is 12.0. The largest absolute Gasteiger partial charge is 0.348 e. The fourth-order valence-corrected chi connectivity index (χ4v) is 4.57. The SMILES string of the molecule is CCN1C[C@@H](c2ccccc2)CC2(CCN(CC(=O)N(C)C)CC2)C1. The Morgan fingerprint density at radius 2 is 1.84 bits per heavy atom. The quantitative estimate of drug-likeness (QED) is 0.841. The summed E-state index contributed by atoms with van der Waals surface area (Å²) >= 11 is 0. The first kappa shape index (κ1) is 18.4. The van der Waals surface area contributed by atoms with Gasteiger partial charge < -0.3 is 9.80 Å². The third-order valence-electron chi connectivity index (χ3n) is 6.21. The van der Waals surface area contributed by atoms with Crippen molar-refractivity contribution in [2.75, 3.05) is 53.4 Å². The molecule has 3 rings (SSSR count). The van der Waals surface area contributed by atoms with E-state index in [1.54, 1.807) is 4.90 Å². The monoisotopic (exact) mass is 343 g/mol. The highest BCUT2D eigenvalue weighted by Gasteiger charge is 2.42. The molecule has 0 N–H and O–H groups in total. The van der Waals surface area contributed by atoms with E-state index in [4.69, 9.17) is 0 Å². The zero-order valence-electron chi connectivity index (χ0n) is 16.1. The second-order valence-electron chi connectivity index (χ2n) is 8.20. The van der Waals surface area contributed by atoms with Crippen LogP contribution in [0, 0.1) is 5.41 Å². The Hall–Kier alpha value is -1.39. The summed E-state index contributed by atoms with van der Waals surface area (Å²) in [7, 11) is 3.69. The third kappa shape index (κ3) is 4.42. The van der Waals surface area contributed by atoms with E-state index < -0.39 is 0 Å². The topological polar surface area (TPSA) is 26.8 Å². The summed E-state index contributed by atoms with van der Waals surface area (Å²) in [4.78, 5) is 18.7. The van der Waals surface area contributed by atoms with Gasteiger partial charge >= 0.3 is 0 Å². The van der Waals surface area contributed by atoms with Crippen molar-refractivity contribution in [3.05, 3.63) is 35.9 Å². The number of rotatable bonds is 4. The lowest BCUT2D eigenvalue weighted by molar-refractivity contribution is -0.130. The number of nitrogens with zero attached hydrogens (tertiary/aromatic N) is 3. The summed E-state index contributed by atoms with van der Waals surface area (Å²) in [6.07, 6.45) is 3.73. The van der Waals surface area contributed by atoms with Crippen LogP contribution in [0.5, 0.6) is 0 Å². The summed E-state index contributed by atoms with van der Waals surface area (Å²) < 4.78 is 0. The number of piperidine rings is 2. The van der Waals surface area contributed by atoms with Gasteiger partial charge in [0.05, 0.1) is 6.54 Å². The minimum Gasteiger partial charge on any atom is -0.348 e. The van der Waals surface area contributed by atoms with E-state index in [1.165, 1.54) is 37.9 Å². The number of benzene rings is 1. The normalized spacial score (nSPS) is 24.4. The van der Waals surface area contributed by atoms with E-state index in [0.29, 0.717) is 17.9 Å². The maximum atomic E-state index is 12.0. The lowest BCUT2D eigenvalue weighted by Gasteiger charge is -2.50. The molecule has 25 heavy (non-hydrogen) atoms. The molecule has 2 saturated heterocycles. The number of carbonyl (C=O) groups is 1. The summed E-state index contributed by atoms with van der Waals surface area (Å²) in [6, 6.07) is 11.0. The first-order valence-corrected chi connectivity index (χ1v) is 9.71. The van der Waals surface area contributed by atoms with E-state index in [9.17, 15) is 4.79 Å². The summed E-state index contributed by atoms with van der Waals surface area (Å²) in [5.41, 5.74) is 1.91. The number of amides is 1. The Morgan fingerprint density at radius 3 is 2.44 bits per heavy atom. The van der Waals surface area contributed by atoms with Crippen LogP contribution in [0.3, 0.4) is 0 Å². The van der Waals surface area contributed by atoms with E-state index in [0.717, 1.165) is 19.6 Å². The highest BCUT2D eigenvalue weighted by molar-refractivity contribution is 5.77. The van der Waals surface area contributed by atoms with Crippen molar-refractivity contribution >= 4 is 5.91 Å². The van der Waals surface area contributed by atoms with Crippen LogP contribution in [0.2, 0.25) is 0 Å². The first-order chi connectivity index (χ1) is 12.0. The van der Waals surface area contributed by atoms with Crippen molar-refractivity contribution in [1.82, 2.24) is 14.7 Å². The molecule has 1 amide bonds. The Bertz CT molecular complexity index is 564. The van der Waals surface area contributed by atoms with Crippen molar-refractivity contribution < 1.29 is 4.79 Å². The van der Waals surface area contributed by atoms with Crippen LogP contribution in [0.15, 0.2) is 30.3 Å². The molecule has 1 atom stereocenters. The Morgan fingerprint density at radius 1 is 1.16 bits per heavy atom. The van der Waals surface area contributed by atoms with Gasteiger partial charge in [0, 0.05) is 27.2 Å². The smallest absolute Gasteiger partial charge is 0.236 e. The molecule has 2 aliphatic rings. The molecule has 0 bridgehead atoms. The second kappa shape index (κ2) is 7.88. The van der Waals surface area contributed by atoms with E-state index >= 15 is 0 Å². The van der Waals surface area contributed by atoms with Gasteiger partial charge in [-0.05, 0) is 55.8 Å². The zero-order chi connectivity index (χ0) is 17.9. The summed E-state index contributed by atoms with van der Waals surface area (Å²) in [6.45, 7) is 8.51. The second-order valence-corrected chi connectivity index (χ2v) is 8.20. The van der Waals surface area contributed by atoms with Crippen LogP contribution in [-0.4, -0.2) is 74.0 Å². The number of likely N-dealkylation sites (tertiary alicyclic amines) is 2. The van der Waals surface area contributed by atoms with Crippen LogP contribution in [0.4, 0.5) is 0 Å². The average molecular weight is 344 g/mol. The van der Waals surface area contributed by atoms with Gasteiger partial charge in [-0.2, -0.15) is 0 Å². The molecule has 2 fully saturated rings. The van der Waals surface area contributed by atoms with Gasteiger partial charge in [-0.15, -0.1) is 0 Å². The van der Waals surface area contributed by atoms with Crippen molar-refractivity contribution in [2.45, 2.75) is 32.1 Å². The molecule has 4 heteroatoms. The highest BCUT2D eigenvalue weighted by Crippen LogP contribution is 2.44. The number of hydrogen-bond donors (Lipinski definition) is 0. The van der Waals surface area contributed by atoms with Crippen LogP contribution in [0.25, 0.3) is 0 Å². The molecule has 0 unspecified atom stereocenters. The van der Waals surface area contributed by atoms with Gasteiger partial charge in [-0.3, -0.25) is 9.69 Å². The van der Waals surface area contributed by atoms with Gasteiger partial charge in [0.15, 0.2) is 0 Å². The first-order valence-electron chi connectivity index (χ1n) is 9.71. The van der Waals surface area contributed by atoms with E-state index in [-0.39, 0.29) is 5.91 Å². The van der Waals surface area contributed by atoms with Gasteiger partial charge in [0.1, 0.15) is 0 Å².